The van der Waals surface area contributed by atoms with Gasteiger partial charge in [-0.2, -0.15) is 0 Å². The molecule has 0 atom stereocenters. The number of ether oxygens (including phenoxy) is 2. The molecule has 0 radical (unpaired) electrons. The molecule has 5 nitrogen and oxygen atoms in total. The van der Waals surface area contributed by atoms with Gasteiger partial charge in [-0.1, -0.05) is 0 Å². The van der Waals surface area contributed by atoms with Gasteiger partial charge in [0.2, 0.25) is 0 Å². The highest BCUT2D eigenvalue weighted by molar-refractivity contribution is 9.10. The molecule has 1 amide bonds. The Bertz CT molecular complexity index is 444. The van der Waals surface area contributed by atoms with Gasteiger partial charge in [0.15, 0.2) is 0 Å². The van der Waals surface area contributed by atoms with Crippen LogP contribution in [0.1, 0.15) is 6.42 Å². The summed E-state index contributed by atoms with van der Waals surface area (Å²) in [5, 5.41) is 8.61. The summed E-state index contributed by atoms with van der Waals surface area (Å²) >= 11 is 3.07. The average molecular weight is 350 g/mol. The molecule has 1 N–H and O–H groups in total. The molecule has 0 fully saturated rings. The summed E-state index contributed by atoms with van der Waals surface area (Å²) < 4.78 is 24.2. The maximum Gasteiger partial charge on any atom is 0.407 e. The van der Waals surface area contributed by atoms with Crippen molar-refractivity contribution in [3.8, 4) is 5.75 Å². The Morgan fingerprint density at radius 2 is 2.15 bits per heavy atom. The number of halogens is 2. The molecule has 7 heteroatoms. The zero-order valence-electron chi connectivity index (χ0n) is 11.1. The number of carbonyl (C=O) groups is 1. The van der Waals surface area contributed by atoms with Crippen molar-refractivity contribution in [2.24, 2.45) is 0 Å². The summed E-state index contributed by atoms with van der Waals surface area (Å²) in [6, 6.07) is 4.57. The zero-order valence-corrected chi connectivity index (χ0v) is 12.7. The predicted molar refractivity (Wildman–Crippen MR) is 75.7 cm³/mol. The topological polar surface area (TPSA) is 59.0 Å². The van der Waals surface area contributed by atoms with Gasteiger partial charge in [-0.05, 0) is 28.1 Å². The summed E-state index contributed by atoms with van der Waals surface area (Å²) in [5.74, 6) is 0.103. The van der Waals surface area contributed by atoms with Crippen LogP contribution < -0.4 is 4.74 Å². The Labute approximate surface area is 125 Å². The first-order chi connectivity index (χ1) is 9.50. The molecule has 0 unspecified atom stereocenters. The van der Waals surface area contributed by atoms with Crippen LogP contribution in [0.5, 0.6) is 5.75 Å². The first-order valence-electron chi connectivity index (χ1n) is 6.10. The second-order valence-electron chi connectivity index (χ2n) is 4.09. The predicted octanol–water partition coefficient (Wildman–Crippen LogP) is 2.98. The molecule has 0 saturated carbocycles. The maximum absolute atomic E-state index is 13.2. The summed E-state index contributed by atoms with van der Waals surface area (Å²) in [6.07, 6.45) is -0.330. The molecule has 0 heterocycles. The number of amides is 1. The third kappa shape index (κ3) is 6.21. The average Bonchev–Trinajstić information content (AvgIpc) is 2.41. The van der Waals surface area contributed by atoms with Crippen LogP contribution in [0, 0.1) is 5.82 Å². The Morgan fingerprint density at radius 1 is 1.40 bits per heavy atom. The molecule has 0 aliphatic rings. The van der Waals surface area contributed by atoms with E-state index in [0.717, 1.165) is 4.90 Å². The van der Waals surface area contributed by atoms with Crippen LogP contribution in [0.2, 0.25) is 0 Å². The number of likely N-dealkylation sites (N-methyl/N-ethyl adjacent to an activating group) is 1. The van der Waals surface area contributed by atoms with Crippen LogP contribution in [0.15, 0.2) is 22.7 Å². The van der Waals surface area contributed by atoms with E-state index in [-0.39, 0.29) is 5.82 Å². The van der Waals surface area contributed by atoms with E-state index in [9.17, 15) is 9.18 Å². The van der Waals surface area contributed by atoms with Gasteiger partial charge in [0.1, 0.15) is 11.6 Å². The highest BCUT2D eigenvalue weighted by atomic mass is 79.9. The van der Waals surface area contributed by atoms with Crippen molar-refractivity contribution >= 4 is 22.0 Å². The first kappa shape index (κ1) is 16.7. The van der Waals surface area contributed by atoms with Gasteiger partial charge < -0.3 is 19.5 Å². The van der Waals surface area contributed by atoms with E-state index < -0.39 is 6.09 Å². The summed E-state index contributed by atoms with van der Waals surface area (Å²) in [6.45, 7) is 1.55. The van der Waals surface area contributed by atoms with Crippen LogP contribution in [-0.2, 0) is 4.74 Å². The van der Waals surface area contributed by atoms with Crippen LogP contribution in [-0.4, -0.2) is 49.5 Å². The number of nitrogens with zero attached hydrogens (tertiary/aromatic N) is 1. The van der Waals surface area contributed by atoms with Crippen molar-refractivity contribution in [1.29, 1.82) is 0 Å². The molecule has 1 aromatic rings. The standard InChI is InChI=1S/C13H17BrFNO4/c1-16(13(17)18)5-8-19-6-2-7-20-10-3-4-11(14)12(15)9-10/h3-4,9H,2,5-8H2,1H3,(H,17,18). The minimum absolute atomic E-state index is 0.327. The molecular formula is C13H17BrFNO4. The number of benzene rings is 1. The lowest BCUT2D eigenvalue weighted by atomic mass is 10.3. The molecule has 0 saturated heterocycles. The quantitative estimate of drug-likeness (QED) is 0.733. The van der Waals surface area contributed by atoms with E-state index in [1.807, 2.05) is 0 Å². The van der Waals surface area contributed by atoms with Crippen LogP contribution >= 0.6 is 15.9 Å². The molecule has 0 spiro atoms. The molecule has 112 valence electrons. The largest absolute Gasteiger partial charge is 0.493 e. The van der Waals surface area contributed by atoms with Crippen molar-refractivity contribution in [3.63, 3.8) is 0 Å². The lowest BCUT2D eigenvalue weighted by Gasteiger charge is -2.12. The highest BCUT2D eigenvalue weighted by Gasteiger charge is 2.04. The molecule has 0 aromatic heterocycles. The van der Waals surface area contributed by atoms with Gasteiger partial charge in [-0.15, -0.1) is 0 Å². The summed E-state index contributed by atoms with van der Waals surface area (Å²) in [7, 11) is 1.48. The highest BCUT2D eigenvalue weighted by Crippen LogP contribution is 2.20. The van der Waals surface area contributed by atoms with E-state index >= 15 is 0 Å². The fourth-order valence-electron chi connectivity index (χ4n) is 1.32. The van der Waals surface area contributed by atoms with E-state index in [2.05, 4.69) is 15.9 Å². The molecule has 0 bridgehead atoms. The van der Waals surface area contributed by atoms with Gasteiger partial charge >= 0.3 is 6.09 Å². The van der Waals surface area contributed by atoms with Crippen molar-refractivity contribution < 1.29 is 23.8 Å². The molecule has 0 aliphatic carbocycles. The molecule has 0 aliphatic heterocycles. The normalized spacial score (nSPS) is 10.3. The Hall–Kier alpha value is -1.34. The van der Waals surface area contributed by atoms with Gasteiger partial charge in [-0.3, -0.25) is 0 Å². The minimum atomic E-state index is -0.978. The van der Waals surface area contributed by atoms with Gasteiger partial charge in [0, 0.05) is 32.7 Å². The number of carboxylic acid groups (broad SMARTS) is 1. The Balaban J connectivity index is 2.07. The fraction of sp³-hybridized carbons (Fsp3) is 0.462. The van der Waals surface area contributed by atoms with E-state index in [1.54, 1.807) is 12.1 Å². The van der Waals surface area contributed by atoms with Gasteiger partial charge in [0.25, 0.3) is 0 Å². The van der Waals surface area contributed by atoms with Crippen LogP contribution in [0.3, 0.4) is 0 Å². The zero-order chi connectivity index (χ0) is 15.0. The maximum atomic E-state index is 13.2. The number of hydrogen-bond donors (Lipinski definition) is 1. The van der Waals surface area contributed by atoms with Crippen LogP contribution in [0.25, 0.3) is 0 Å². The van der Waals surface area contributed by atoms with Gasteiger partial charge in [-0.25, -0.2) is 9.18 Å². The van der Waals surface area contributed by atoms with Crippen molar-refractivity contribution in [3.05, 3.63) is 28.5 Å². The Morgan fingerprint density at radius 3 is 2.80 bits per heavy atom. The third-order valence-electron chi connectivity index (χ3n) is 2.49. The second-order valence-corrected chi connectivity index (χ2v) is 4.95. The van der Waals surface area contributed by atoms with E-state index in [0.29, 0.717) is 43.0 Å². The first-order valence-corrected chi connectivity index (χ1v) is 6.89. The molecule has 1 rings (SSSR count). The van der Waals surface area contributed by atoms with Crippen LogP contribution in [0.4, 0.5) is 9.18 Å². The summed E-state index contributed by atoms with van der Waals surface area (Å²) in [5.41, 5.74) is 0. The van der Waals surface area contributed by atoms with Crippen molar-refractivity contribution in [2.75, 3.05) is 33.4 Å². The fourth-order valence-corrected chi connectivity index (χ4v) is 1.56. The SMILES string of the molecule is CN(CCOCCCOc1ccc(Br)c(F)c1)C(=O)O. The monoisotopic (exact) mass is 349 g/mol. The lowest BCUT2D eigenvalue weighted by Crippen LogP contribution is -2.28. The number of rotatable bonds is 8. The summed E-state index contributed by atoms with van der Waals surface area (Å²) in [4.78, 5) is 11.6. The Kier molecular flexibility index (Phi) is 7.32. The number of hydrogen-bond acceptors (Lipinski definition) is 3. The smallest absolute Gasteiger partial charge is 0.407 e. The molecule has 1 aromatic carbocycles. The van der Waals surface area contributed by atoms with Crippen molar-refractivity contribution in [2.45, 2.75) is 6.42 Å². The second kappa shape index (κ2) is 8.76. The van der Waals surface area contributed by atoms with E-state index in [4.69, 9.17) is 14.6 Å². The van der Waals surface area contributed by atoms with Gasteiger partial charge in [0.05, 0.1) is 17.7 Å². The molecular weight excluding hydrogens is 333 g/mol. The molecule has 20 heavy (non-hydrogen) atoms. The third-order valence-corrected chi connectivity index (χ3v) is 3.13. The lowest BCUT2D eigenvalue weighted by molar-refractivity contribution is 0.0944. The van der Waals surface area contributed by atoms with E-state index in [1.165, 1.54) is 13.1 Å². The minimum Gasteiger partial charge on any atom is -0.493 e. The van der Waals surface area contributed by atoms with Crippen molar-refractivity contribution in [1.82, 2.24) is 4.90 Å².